The molecule has 0 spiro atoms. The SMILES string of the molecule is CCc1nccn1C1CCCN(C(=O)[C@@H](N)CCSC)C1. The number of hydrogen-bond donors (Lipinski definition) is 1. The molecule has 2 heterocycles. The van der Waals surface area contributed by atoms with Gasteiger partial charge in [-0.25, -0.2) is 4.98 Å². The first kappa shape index (κ1) is 16.4. The number of amides is 1. The Morgan fingerprint density at radius 1 is 1.62 bits per heavy atom. The maximum Gasteiger partial charge on any atom is 0.239 e. The van der Waals surface area contributed by atoms with Crippen LogP contribution in [-0.4, -0.2) is 51.5 Å². The first-order valence-corrected chi connectivity index (χ1v) is 9.11. The van der Waals surface area contributed by atoms with Crippen LogP contribution < -0.4 is 5.73 Å². The predicted octanol–water partition coefficient (Wildman–Crippen LogP) is 1.69. The van der Waals surface area contributed by atoms with Gasteiger partial charge >= 0.3 is 0 Å². The summed E-state index contributed by atoms with van der Waals surface area (Å²) < 4.78 is 2.23. The molecule has 1 aromatic heterocycles. The third kappa shape index (κ3) is 4.01. The van der Waals surface area contributed by atoms with Crippen molar-refractivity contribution in [3.8, 4) is 0 Å². The molecule has 1 aliphatic rings. The molecule has 1 amide bonds. The second-order valence-corrected chi connectivity index (χ2v) is 6.56. The highest BCUT2D eigenvalue weighted by atomic mass is 32.2. The molecule has 1 aromatic rings. The lowest BCUT2D eigenvalue weighted by Gasteiger charge is -2.35. The van der Waals surface area contributed by atoms with E-state index in [-0.39, 0.29) is 11.9 Å². The molecule has 6 heteroatoms. The molecule has 2 rings (SSSR count). The molecule has 1 unspecified atom stereocenters. The average Bonchev–Trinajstić information content (AvgIpc) is 3.00. The number of rotatable bonds is 6. The highest BCUT2D eigenvalue weighted by Crippen LogP contribution is 2.23. The topological polar surface area (TPSA) is 64.2 Å². The second-order valence-electron chi connectivity index (χ2n) is 5.57. The number of carbonyl (C=O) groups is 1. The minimum Gasteiger partial charge on any atom is -0.339 e. The van der Waals surface area contributed by atoms with E-state index in [1.165, 1.54) is 0 Å². The minimum atomic E-state index is -0.357. The third-order valence-electron chi connectivity index (χ3n) is 4.12. The van der Waals surface area contributed by atoms with E-state index in [2.05, 4.69) is 16.5 Å². The molecule has 118 valence electrons. The lowest BCUT2D eigenvalue weighted by atomic mass is 10.0. The Labute approximate surface area is 131 Å². The largest absolute Gasteiger partial charge is 0.339 e. The van der Waals surface area contributed by atoms with Gasteiger partial charge in [-0.1, -0.05) is 6.92 Å². The highest BCUT2D eigenvalue weighted by molar-refractivity contribution is 7.98. The van der Waals surface area contributed by atoms with Gasteiger partial charge in [-0.3, -0.25) is 4.79 Å². The van der Waals surface area contributed by atoms with Crippen molar-refractivity contribution in [2.45, 2.75) is 44.7 Å². The standard InChI is InChI=1S/C15H26N4OS/c1-3-14-17-7-9-19(14)12-5-4-8-18(11-12)15(20)13(16)6-10-21-2/h7,9,12-13H,3-6,8,10-11,16H2,1-2H3/t12?,13-/m0/s1. The molecule has 0 radical (unpaired) electrons. The maximum atomic E-state index is 12.4. The zero-order valence-corrected chi connectivity index (χ0v) is 13.8. The van der Waals surface area contributed by atoms with Crippen LogP contribution in [0.1, 0.15) is 38.1 Å². The van der Waals surface area contributed by atoms with Gasteiger partial charge in [0, 0.05) is 31.9 Å². The molecule has 0 bridgehead atoms. The number of likely N-dealkylation sites (tertiary alicyclic amines) is 1. The summed E-state index contributed by atoms with van der Waals surface area (Å²) in [6.07, 6.45) is 9.74. The number of carbonyl (C=O) groups excluding carboxylic acids is 1. The van der Waals surface area contributed by atoms with Gasteiger partial charge < -0.3 is 15.2 Å². The normalized spacial score (nSPS) is 20.5. The fourth-order valence-electron chi connectivity index (χ4n) is 2.93. The molecule has 1 aliphatic heterocycles. The summed E-state index contributed by atoms with van der Waals surface area (Å²) in [5.74, 6) is 2.14. The van der Waals surface area contributed by atoms with E-state index < -0.39 is 0 Å². The average molecular weight is 310 g/mol. The van der Waals surface area contributed by atoms with Gasteiger partial charge in [-0.2, -0.15) is 11.8 Å². The summed E-state index contributed by atoms with van der Waals surface area (Å²) in [5.41, 5.74) is 6.03. The number of aryl methyl sites for hydroxylation is 1. The monoisotopic (exact) mass is 310 g/mol. The minimum absolute atomic E-state index is 0.104. The lowest BCUT2D eigenvalue weighted by molar-refractivity contribution is -0.134. The van der Waals surface area contributed by atoms with Crippen molar-refractivity contribution < 1.29 is 4.79 Å². The van der Waals surface area contributed by atoms with Crippen molar-refractivity contribution in [3.63, 3.8) is 0 Å². The Morgan fingerprint density at radius 2 is 2.43 bits per heavy atom. The molecule has 2 N–H and O–H groups in total. The van der Waals surface area contributed by atoms with Crippen LogP contribution in [0, 0.1) is 0 Å². The van der Waals surface area contributed by atoms with Crippen molar-refractivity contribution in [1.29, 1.82) is 0 Å². The first-order chi connectivity index (χ1) is 10.2. The van der Waals surface area contributed by atoms with Gasteiger partial charge in [0.05, 0.1) is 12.1 Å². The van der Waals surface area contributed by atoms with E-state index in [0.29, 0.717) is 6.04 Å². The summed E-state index contributed by atoms with van der Waals surface area (Å²) >= 11 is 1.73. The Bertz CT molecular complexity index is 462. The Balaban J connectivity index is 1.99. The van der Waals surface area contributed by atoms with E-state index in [1.807, 2.05) is 23.5 Å². The van der Waals surface area contributed by atoms with Crippen molar-refractivity contribution in [2.24, 2.45) is 5.73 Å². The lowest BCUT2D eigenvalue weighted by Crippen LogP contribution is -2.48. The van der Waals surface area contributed by atoms with Crippen LogP contribution in [0.4, 0.5) is 0 Å². The maximum absolute atomic E-state index is 12.4. The van der Waals surface area contributed by atoms with Crippen LogP contribution >= 0.6 is 11.8 Å². The quantitative estimate of drug-likeness (QED) is 0.868. The zero-order valence-electron chi connectivity index (χ0n) is 13.0. The number of hydrogen-bond acceptors (Lipinski definition) is 4. The summed E-state index contributed by atoms with van der Waals surface area (Å²) in [6, 6.07) is -0.0162. The van der Waals surface area contributed by atoms with Crippen LogP contribution in [0.15, 0.2) is 12.4 Å². The van der Waals surface area contributed by atoms with E-state index in [4.69, 9.17) is 5.73 Å². The molecular weight excluding hydrogens is 284 g/mol. The molecule has 21 heavy (non-hydrogen) atoms. The molecule has 0 aliphatic carbocycles. The van der Waals surface area contributed by atoms with Crippen LogP contribution in [0.25, 0.3) is 0 Å². The van der Waals surface area contributed by atoms with Gasteiger partial charge in [-0.15, -0.1) is 0 Å². The Morgan fingerprint density at radius 3 is 3.14 bits per heavy atom. The van der Waals surface area contributed by atoms with E-state index in [9.17, 15) is 4.79 Å². The molecule has 5 nitrogen and oxygen atoms in total. The van der Waals surface area contributed by atoms with Gasteiger partial charge in [0.25, 0.3) is 0 Å². The number of thioether (sulfide) groups is 1. The molecular formula is C15H26N4OS. The Kier molecular flexibility index (Phi) is 6.11. The molecule has 0 aromatic carbocycles. The van der Waals surface area contributed by atoms with Crippen LogP contribution in [0.3, 0.4) is 0 Å². The number of nitrogens with two attached hydrogens (primary N) is 1. The highest BCUT2D eigenvalue weighted by Gasteiger charge is 2.28. The van der Waals surface area contributed by atoms with Crippen molar-refractivity contribution in [2.75, 3.05) is 25.1 Å². The van der Waals surface area contributed by atoms with E-state index in [1.54, 1.807) is 11.8 Å². The molecule has 2 atom stereocenters. The van der Waals surface area contributed by atoms with Gasteiger partial charge in [0.2, 0.25) is 5.91 Å². The van der Waals surface area contributed by atoms with Crippen molar-refractivity contribution >= 4 is 17.7 Å². The van der Waals surface area contributed by atoms with Crippen LogP contribution in [0.5, 0.6) is 0 Å². The summed E-state index contributed by atoms with van der Waals surface area (Å²) in [4.78, 5) is 18.8. The summed E-state index contributed by atoms with van der Waals surface area (Å²) in [7, 11) is 0. The first-order valence-electron chi connectivity index (χ1n) is 7.72. The smallest absolute Gasteiger partial charge is 0.239 e. The predicted molar refractivity (Wildman–Crippen MR) is 87.4 cm³/mol. The van der Waals surface area contributed by atoms with Gasteiger partial charge in [0.1, 0.15) is 5.82 Å². The number of aromatic nitrogens is 2. The fraction of sp³-hybridized carbons (Fsp3) is 0.733. The second kappa shape index (κ2) is 7.84. The molecule has 1 saturated heterocycles. The van der Waals surface area contributed by atoms with E-state index in [0.717, 1.165) is 50.4 Å². The number of imidazole rings is 1. The fourth-order valence-corrected chi connectivity index (χ4v) is 3.42. The van der Waals surface area contributed by atoms with Crippen LogP contribution in [-0.2, 0) is 11.2 Å². The summed E-state index contributed by atoms with van der Waals surface area (Å²) in [5, 5.41) is 0. The van der Waals surface area contributed by atoms with Crippen molar-refractivity contribution in [3.05, 3.63) is 18.2 Å². The number of piperidine rings is 1. The van der Waals surface area contributed by atoms with Gasteiger partial charge in [0.15, 0.2) is 0 Å². The molecule has 1 fully saturated rings. The third-order valence-corrected chi connectivity index (χ3v) is 4.76. The van der Waals surface area contributed by atoms with Crippen molar-refractivity contribution in [1.82, 2.24) is 14.5 Å². The summed E-state index contributed by atoms with van der Waals surface area (Å²) in [6.45, 7) is 3.70. The molecule has 0 saturated carbocycles. The van der Waals surface area contributed by atoms with Gasteiger partial charge in [-0.05, 0) is 31.3 Å². The Hall–Kier alpha value is -1.01. The zero-order chi connectivity index (χ0) is 15.2. The van der Waals surface area contributed by atoms with Crippen LogP contribution in [0.2, 0.25) is 0 Å². The number of nitrogens with zero attached hydrogens (tertiary/aromatic N) is 3. The van der Waals surface area contributed by atoms with E-state index >= 15 is 0 Å².